The van der Waals surface area contributed by atoms with Crippen molar-refractivity contribution in [2.24, 2.45) is 0 Å². The molecule has 0 unspecified atom stereocenters. The molecule has 0 saturated carbocycles. The molecule has 0 fully saturated rings. The maximum atomic E-state index is 2.57. The van der Waals surface area contributed by atoms with Crippen LogP contribution in [0.15, 0.2) is 188 Å². The SMILES string of the molecule is CC(C)(C)c1cc(C(C)(C)C)c2sc3ccc4c(c3c2c1)C(C)(C)c1cccc(N(c2ccc(C3(c5ccccc5)c5ccccc5-c5ccccc53)cc2)c2ccc3c(c2)C(C)(C)c2ccccc2-3)c1-4. The molecule has 0 aliphatic heterocycles. The van der Waals surface area contributed by atoms with Crippen LogP contribution in [0.1, 0.15) is 125 Å². The molecule has 1 heterocycles. The average Bonchev–Trinajstić information content (AvgIpc) is 4.03. The van der Waals surface area contributed by atoms with E-state index < -0.39 is 5.41 Å². The summed E-state index contributed by atoms with van der Waals surface area (Å²) < 4.78 is 2.79. The van der Waals surface area contributed by atoms with Crippen LogP contribution in [0.5, 0.6) is 0 Å². The molecule has 0 bridgehead atoms. The molecule has 13 rings (SSSR count). The second-order valence-electron chi connectivity index (χ2n) is 23.7. The van der Waals surface area contributed by atoms with Crippen LogP contribution in [0, 0.1) is 0 Å². The first-order chi connectivity index (χ1) is 34.0. The second kappa shape index (κ2) is 15.0. The fraction of sp³-hybridized carbons (Fsp3) is 0.217. The molecule has 0 spiro atoms. The summed E-state index contributed by atoms with van der Waals surface area (Å²) in [6.07, 6.45) is 0. The molecule has 3 aliphatic carbocycles. The van der Waals surface area contributed by atoms with Gasteiger partial charge in [0.05, 0.1) is 11.1 Å². The number of rotatable bonds is 5. The first-order valence-electron chi connectivity index (χ1n) is 25.6. The average molecular weight is 936 g/mol. The molecule has 1 nitrogen and oxygen atoms in total. The summed E-state index contributed by atoms with van der Waals surface area (Å²) in [7, 11) is 0. The third-order valence-corrected chi connectivity index (χ3v) is 18.0. The van der Waals surface area contributed by atoms with Gasteiger partial charge in [-0.2, -0.15) is 0 Å². The normalized spacial score (nSPS) is 15.5. The quantitative estimate of drug-likeness (QED) is 0.166. The summed E-state index contributed by atoms with van der Waals surface area (Å²) >= 11 is 1.98. The minimum absolute atomic E-state index is 0.00231. The number of fused-ring (bicyclic) bond motifs is 13. The van der Waals surface area contributed by atoms with Crippen LogP contribution in [0.4, 0.5) is 17.1 Å². The van der Waals surface area contributed by atoms with Crippen molar-refractivity contribution in [2.75, 3.05) is 4.90 Å². The van der Waals surface area contributed by atoms with Gasteiger partial charge in [-0.3, -0.25) is 0 Å². The summed E-state index contributed by atoms with van der Waals surface area (Å²) in [6, 6.07) is 72.1. The highest BCUT2D eigenvalue weighted by atomic mass is 32.1. The highest BCUT2D eigenvalue weighted by molar-refractivity contribution is 7.26. The van der Waals surface area contributed by atoms with Crippen molar-refractivity contribution >= 4 is 48.6 Å². The van der Waals surface area contributed by atoms with E-state index in [1.807, 2.05) is 11.3 Å². The van der Waals surface area contributed by atoms with E-state index >= 15 is 0 Å². The van der Waals surface area contributed by atoms with E-state index in [0.29, 0.717) is 0 Å². The first-order valence-corrected chi connectivity index (χ1v) is 26.4. The van der Waals surface area contributed by atoms with Gasteiger partial charge in [0.15, 0.2) is 0 Å². The molecule has 3 aliphatic rings. The predicted octanol–water partition coefficient (Wildman–Crippen LogP) is 19.1. The lowest BCUT2D eigenvalue weighted by Gasteiger charge is -2.35. The van der Waals surface area contributed by atoms with Gasteiger partial charge in [-0.15, -0.1) is 11.3 Å². The molecule has 2 heteroatoms. The van der Waals surface area contributed by atoms with Crippen molar-refractivity contribution in [3.8, 4) is 33.4 Å². The van der Waals surface area contributed by atoms with Crippen LogP contribution in [-0.4, -0.2) is 0 Å². The van der Waals surface area contributed by atoms with E-state index in [1.165, 1.54) is 115 Å². The van der Waals surface area contributed by atoms with Gasteiger partial charge in [0.1, 0.15) is 0 Å². The van der Waals surface area contributed by atoms with Crippen molar-refractivity contribution < 1.29 is 0 Å². The molecular weight excluding hydrogens is 875 g/mol. The summed E-state index contributed by atoms with van der Waals surface area (Å²) in [5.41, 5.74) is 24.2. The van der Waals surface area contributed by atoms with Crippen LogP contribution in [0.3, 0.4) is 0 Å². The molecule has 0 saturated heterocycles. The van der Waals surface area contributed by atoms with Crippen LogP contribution < -0.4 is 4.90 Å². The second-order valence-corrected chi connectivity index (χ2v) is 24.7. The molecule has 10 aromatic rings. The molecule has 0 radical (unpaired) electrons. The topological polar surface area (TPSA) is 3.24 Å². The zero-order valence-electron chi connectivity index (χ0n) is 42.8. The fourth-order valence-corrected chi connectivity index (χ4v) is 14.7. The Morgan fingerprint density at radius 1 is 0.423 bits per heavy atom. The number of nitrogens with zero attached hydrogens (tertiary/aromatic N) is 1. The molecule has 9 aromatic carbocycles. The van der Waals surface area contributed by atoms with Crippen LogP contribution in [0.25, 0.3) is 53.6 Å². The summed E-state index contributed by atoms with van der Waals surface area (Å²) in [4.78, 5) is 2.57. The first kappa shape index (κ1) is 44.0. The van der Waals surface area contributed by atoms with Gasteiger partial charge in [0.2, 0.25) is 0 Å². The minimum atomic E-state index is -0.480. The number of hydrogen-bond donors (Lipinski definition) is 0. The van der Waals surface area contributed by atoms with Crippen LogP contribution >= 0.6 is 11.3 Å². The van der Waals surface area contributed by atoms with Gasteiger partial charge < -0.3 is 4.90 Å². The van der Waals surface area contributed by atoms with Gasteiger partial charge in [-0.1, -0.05) is 215 Å². The number of benzene rings is 9. The molecule has 348 valence electrons. The number of hydrogen-bond acceptors (Lipinski definition) is 2. The number of anilines is 3. The number of thiophene rings is 1. The van der Waals surface area contributed by atoms with Crippen molar-refractivity contribution in [2.45, 2.75) is 96.3 Å². The van der Waals surface area contributed by atoms with Gasteiger partial charge in [-0.25, -0.2) is 0 Å². The van der Waals surface area contributed by atoms with E-state index in [0.717, 1.165) is 11.4 Å². The standard InChI is InChI=1S/C69H61NS/c1-65(2,3)44-39-52-62-60(71-64(52)58(40-44)66(4,5)6)38-37-51-61-56(68(9,10)63(51)62)29-20-30-59(61)70(46-35-36-50-47-23-14-17-26-53(47)67(7,8)57(50)41-46)45-33-31-43(32-34-45)69(42-21-12-11-13-22-42)54-27-18-15-24-48(54)49-25-16-19-28-55(49)69/h11-41H,1-10H3. The van der Waals surface area contributed by atoms with E-state index in [2.05, 4.69) is 262 Å². The molecule has 71 heavy (non-hydrogen) atoms. The Hall–Kier alpha value is -7.00. The van der Waals surface area contributed by atoms with E-state index in [4.69, 9.17) is 0 Å². The summed E-state index contributed by atoms with van der Waals surface area (Å²) in [6.45, 7) is 23.9. The largest absolute Gasteiger partial charge is 0.310 e. The van der Waals surface area contributed by atoms with Crippen LogP contribution in [0.2, 0.25) is 0 Å². The summed E-state index contributed by atoms with van der Waals surface area (Å²) in [5.74, 6) is 0. The third-order valence-electron chi connectivity index (χ3n) is 16.8. The lowest BCUT2D eigenvalue weighted by Crippen LogP contribution is -2.28. The Balaban J connectivity index is 1.06. The summed E-state index contributed by atoms with van der Waals surface area (Å²) in [5, 5.41) is 2.82. The Morgan fingerprint density at radius 2 is 0.972 bits per heavy atom. The zero-order chi connectivity index (χ0) is 49.0. The third kappa shape index (κ3) is 6.10. The highest BCUT2D eigenvalue weighted by Gasteiger charge is 2.46. The Labute approximate surface area is 424 Å². The van der Waals surface area contributed by atoms with Crippen molar-refractivity contribution in [3.63, 3.8) is 0 Å². The highest BCUT2D eigenvalue weighted by Crippen LogP contribution is 2.60. The molecule has 0 amide bonds. The van der Waals surface area contributed by atoms with Gasteiger partial charge in [0, 0.05) is 47.9 Å². The Kier molecular flexibility index (Phi) is 9.30. The Bertz CT molecular complexity index is 3780. The van der Waals surface area contributed by atoms with Crippen molar-refractivity contribution in [1.82, 2.24) is 0 Å². The molecule has 0 N–H and O–H groups in total. The van der Waals surface area contributed by atoms with Gasteiger partial charge in [0.25, 0.3) is 0 Å². The van der Waals surface area contributed by atoms with E-state index in [9.17, 15) is 0 Å². The van der Waals surface area contributed by atoms with Crippen LogP contribution in [-0.2, 0) is 27.1 Å². The lowest BCUT2D eigenvalue weighted by atomic mass is 9.68. The molecule has 1 aromatic heterocycles. The zero-order valence-corrected chi connectivity index (χ0v) is 43.6. The smallest absolute Gasteiger partial charge is 0.0713 e. The van der Waals surface area contributed by atoms with E-state index in [1.54, 1.807) is 0 Å². The maximum Gasteiger partial charge on any atom is 0.0713 e. The minimum Gasteiger partial charge on any atom is -0.310 e. The Morgan fingerprint density at radius 3 is 1.62 bits per heavy atom. The molecule has 0 atom stereocenters. The predicted molar refractivity (Wildman–Crippen MR) is 304 cm³/mol. The van der Waals surface area contributed by atoms with Crippen molar-refractivity contribution in [1.29, 1.82) is 0 Å². The molecular formula is C69H61NS. The maximum absolute atomic E-state index is 2.57. The lowest BCUT2D eigenvalue weighted by molar-refractivity contribution is 0.573. The van der Waals surface area contributed by atoms with Gasteiger partial charge in [-0.05, 0) is 137 Å². The van der Waals surface area contributed by atoms with Crippen molar-refractivity contribution in [3.05, 3.63) is 244 Å². The van der Waals surface area contributed by atoms with Gasteiger partial charge >= 0.3 is 0 Å². The van der Waals surface area contributed by atoms with E-state index in [-0.39, 0.29) is 21.7 Å². The fourth-order valence-electron chi connectivity index (χ4n) is 13.3. The monoisotopic (exact) mass is 935 g/mol.